The average molecular weight is 297 g/mol. The molecule has 2 rings (SSSR count). The molecule has 1 aromatic heterocycles. The number of likely N-dealkylation sites (tertiary alicyclic amines) is 1. The highest BCUT2D eigenvalue weighted by atomic mass is 32.2. The van der Waals surface area contributed by atoms with Crippen molar-refractivity contribution in [3.8, 4) is 0 Å². The van der Waals surface area contributed by atoms with Gasteiger partial charge in [0.25, 0.3) is 0 Å². The Labute approximate surface area is 124 Å². The highest BCUT2D eigenvalue weighted by Gasteiger charge is 2.17. The molecule has 0 spiro atoms. The molecule has 7 heteroatoms. The molecule has 0 bridgehead atoms. The summed E-state index contributed by atoms with van der Waals surface area (Å²) in [7, 11) is 0. The number of carbonyl (C=O) groups excluding carboxylic acids is 1. The largest absolute Gasteiger partial charge is 0.342 e. The minimum Gasteiger partial charge on any atom is -0.342 e. The van der Waals surface area contributed by atoms with Crippen molar-refractivity contribution in [1.29, 1.82) is 0 Å². The molecule has 20 heavy (non-hydrogen) atoms. The van der Waals surface area contributed by atoms with Crippen LogP contribution in [-0.4, -0.2) is 51.0 Å². The van der Waals surface area contributed by atoms with Gasteiger partial charge in [-0.05, 0) is 19.8 Å². The zero-order valence-corrected chi connectivity index (χ0v) is 12.9. The van der Waals surface area contributed by atoms with Gasteiger partial charge in [0.15, 0.2) is 5.16 Å². The second-order valence-electron chi connectivity index (χ2n) is 5.05. The summed E-state index contributed by atoms with van der Waals surface area (Å²) in [5.41, 5.74) is 5.59. The van der Waals surface area contributed by atoms with Crippen molar-refractivity contribution in [3.63, 3.8) is 0 Å². The Bertz CT molecular complexity index is 440. The molecule has 1 aliphatic heterocycles. The number of rotatable bonds is 5. The van der Waals surface area contributed by atoms with E-state index in [1.54, 1.807) is 0 Å². The van der Waals surface area contributed by atoms with Crippen molar-refractivity contribution in [2.24, 2.45) is 5.73 Å². The quantitative estimate of drug-likeness (QED) is 0.822. The Balaban J connectivity index is 1.89. The van der Waals surface area contributed by atoms with E-state index in [-0.39, 0.29) is 5.91 Å². The fourth-order valence-electron chi connectivity index (χ4n) is 2.39. The van der Waals surface area contributed by atoms with Crippen LogP contribution in [0.15, 0.2) is 5.16 Å². The van der Waals surface area contributed by atoms with Gasteiger partial charge in [0, 0.05) is 26.2 Å². The van der Waals surface area contributed by atoms with Gasteiger partial charge in [-0.3, -0.25) is 4.79 Å². The standard InChI is InChI=1S/C13H23N5OS/c1-11-15-16-13(18(11)9-6-14)20-10-12(19)17-7-4-2-3-5-8-17/h2-10,14H2,1H3. The van der Waals surface area contributed by atoms with E-state index in [0.29, 0.717) is 18.8 Å². The lowest BCUT2D eigenvalue weighted by atomic mass is 10.2. The van der Waals surface area contributed by atoms with Crippen molar-refractivity contribution >= 4 is 17.7 Å². The van der Waals surface area contributed by atoms with Crippen molar-refractivity contribution in [3.05, 3.63) is 5.82 Å². The molecule has 6 nitrogen and oxygen atoms in total. The Hall–Kier alpha value is -1.08. The SMILES string of the molecule is Cc1nnc(SCC(=O)N2CCCCCC2)n1CCN. The van der Waals surface area contributed by atoms with Crippen LogP contribution >= 0.6 is 11.8 Å². The number of nitrogens with zero attached hydrogens (tertiary/aromatic N) is 4. The van der Waals surface area contributed by atoms with Gasteiger partial charge in [-0.1, -0.05) is 24.6 Å². The summed E-state index contributed by atoms with van der Waals surface area (Å²) in [5, 5.41) is 8.96. The minimum atomic E-state index is 0.205. The Kier molecular flexibility index (Phi) is 5.85. The van der Waals surface area contributed by atoms with E-state index < -0.39 is 0 Å². The van der Waals surface area contributed by atoms with E-state index in [0.717, 1.165) is 36.9 Å². The summed E-state index contributed by atoms with van der Waals surface area (Å²) >= 11 is 1.46. The second kappa shape index (κ2) is 7.64. The van der Waals surface area contributed by atoms with Crippen molar-refractivity contribution < 1.29 is 4.79 Å². The first-order valence-corrected chi connectivity index (χ1v) is 8.21. The summed E-state index contributed by atoms with van der Waals surface area (Å²) in [6.45, 7) is 4.94. The number of aromatic nitrogens is 3. The van der Waals surface area contributed by atoms with Gasteiger partial charge < -0.3 is 15.2 Å². The maximum Gasteiger partial charge on any atom is 0.233 e. The topological polar surface area (TPSA) is 77.0 Å². The third-order valence-electron chi connectivity index (χ3n) is 3.54. The number of thioether (sulfide) groups is 1. The predicted octanol–water partition coefficient (Wildman–Crippen LogP) is 1.04. The van der Waals surface area contributed by atoms with Crippen LogP contribution in [0.5, 0.6) is 0 Å². The Morgan fingerprint density at radius 2 is 1.95 bits per heavy atom. The van der Waals surface area contributed by atoms with Gasteiger partial charge in [-0.2, -0.15) is 0 Å². The van der Waals surface area contributed by atoms with Gasteiger partial charge in [-0.25, -0.2) is 0 Å². The molecule has 1 aliphatic rings. The highest BCUT2D eigenvalue weighted by molar-refractivity contribution is 7.99. The molecule has 0 aromatic carbocycles. The van der Waals surface area contributed by atoms with Crippen molar-refractivity contribution in [2.45, 2.75) is 44.3 Å². The van der Waals surface area contributed by atoms with E-state index in [9.17, 15) is 4.79 Å². The Morgan fingerprint density at radius 3 is 2.60 bits per heavy atom. The number of hydrogen-bond donors (Lipinski definition) is 1. The number of nitrogens with two attached hydrogens (primary N) is 1. The van der Waals surface area contributed by atoms with E-state index in [2.05, 4.69) is 10.2 Å². The summed E-state index contributed by atoms with van der Waals surface area (Å²) in [6, 6.07) is 0. The molecular weight excluding hydrogens is 274 g/mol. The summed E-state index contributed by atoms with van der Waals surface area (Å²) in [4.78, 5) is 14.2. The van der Waals surface area contributed by atoms with E-state index >= 15 is 0 Å². The molecule has 0 saturated carbocycles. The fourth-order valence-corrected chi connectivity index (χ4v) is 3.31. The molecule has 0 aliphatic carbocycles. The second-order valence-corrected chi connectivity index (χ2v) is 6.00. The number of aryl methyl sites for hydroxylation is 1. The third kappa shape index (κ3) is 3.96. The number of amides is 1. The zero-order valence-electron chi connectivity index (χ0n) is 12.0. The first kappa shape index (κ1) is 15.3. The first-order chi connectivity index (χ1) is 9.72. The smallest absolute Gasteiger partial charge is 0.233 e. The lowest BCUT2D eigenvalue weighted by Crippen LogP contribution is -2.33. The zero-order chi connectivity index (χ0) is 14.4. The van der Waals surface area contributed by atoms with Crippen LogP contribution in [0.25, 0.3) is 0 Å². The molecule has 0 unspecified atom stereocenters. The molecule has 0 atom stereocenters. The molecular formula is C13H23N5OS. The lowest BCUT2D eigenvalue weighted by Gasteiger charge is -2.19. The van der Waals surface area contributed by atoms with Gasteiger partial charge in [-0.15, -0.1) is 10.2 Å². The van der Waals surface area contributed by atoms with Crippen LogP contribution in [0.3, 0.4) is 0 Å². The molecule has 1 amide bonds. The number of carbonyl (C=O) groups is 1. The molecule has 2 heterocycles. The molecule has 1 fully saturated rings. The van der Waals surface area contributed by atoms with Gasteiger partial charge in [0.05, 0.1) is 5.75 Å². The minimum absolute atomic E-state index is 0.205. The van der Waals surface area contributed by atoms with E-state index in [1.165, 1.54) is 24.6 Å². The maximum atomic E-state index is 12.2. The summed E-state index contributed by atoms with van der Waals surface area (Å²) < 4.78 is 1.97. The number of hydrogen-bond acceptors (Lipinski definition) is 5. The fraction of sp³-hybridized carbons (Fsp3) is 0.769. The Morgan fingerprint density at radius 1 is 1.25 bits per heavy atom. The monoisotopic (exact) mass is 297 g/mol. The molecule has 112 valence electrons. The average Bonchev–Trinajstić information content (AvgIpc) is 2.68. The molecule has 0 radical (unpaired) electrons. The molecule has 2 N–H and O–H groups in total. The first-order valence-electron chi connectivity index (χ1n) is 7.23. The van der Waals surface area contributed by atoms with E-state index in [1.807, 2.05) is 16.4 Å². The van der Waals surface area contributed by atoms with Crippen molar-refractivity contribution in [1.82, 2.24) is 19.7 Å². The van der Waals surface area contributed by atoms with Crippen LogP contribution in [-0.2, 0) is 11.3 Å². The van der Waals surface area contributed by atoms with Crippen LogP contribution in [0.4, 0.5) is 0 Å². The maximum absolute atomic E-state index is 12.2. The highest BCUT2D eigenvalue weighted by Crippen LogP contribution is 2.18. The van der Waals surface area contributed by atoms with Crippen LogP contribution in [0.2, 0.25) is 0 Å². The lowest BCUT2D eigenvalue weighted by molar-refractivity contribution is -0.128. The summed E-state index contributed by atoms with van der Waals surface area (Å²) in [5.74, 6) is 1.49. The van der Waals surface area contributed by atoms with Crippen LogP contribution < -0.4 is 5.73 Å². The van der Waals surface area contributed by atoms with Gasteiger partial charge >= 0.3 is 0 Å². The molecule has 1 aromatic rings. The van der Waals surface area contributed by atoms with Crippen LogP contribution in [0, 0.1) is 6.92 Å². The normalized spacial score (nSPS) is 16.2. The molecule has 1 saturated heterocycles. The van der Waals surface area contributed by atoms with E-state index in [4.69, 9.17) is 5.73 Å². The van der Waals surface area contributed by atoms with Crippen LogP contribution in [0.1, 0.15) is 31.5 Å². The van der Waals surface area contributed by atoms with Crippen molar-refractivity contribution in [2.75, 3.05) is 25.4 Å². The predicted molar refractivity (Wildman–Crippen MR) is 79.6 cm³/mol. The van der Waals surface area contributed by atoms with Gasteiger partial charge in [0.1, 0.15) is 5.82 Å². The van der Waals surface area contributed by atoms with Gasteiger partial charge in [0.2, 0.25) is 5.91 Å². The third-order valence-corrected chi connectivity index (χ3v) is 4.49. The summed E-state index contributed by atoms with van der Waals surface area (Å²) in [6.07, 6.45) is 4.72.